The van der Waals surface area contributed by atoms with E-state index in [0.717, 1.165) is 18.2 Å². The van der Waals surface area contributed by atoms with E-state index in [1.807, 2.05) is 0 Å². The number of hydrogen-bond acceptors (Lipinski definition) is 1. The first kappa shape index (κ1) is 15.1. The van der Waals surface area contributed by atoms with Crippen LogP contribution in [-0.2, 0) is 0 Å². The minimum atomic E-state index is -4.50. The highest BCUT2D eigenvalue weighted by molar-refractivity contribution is 5.85. The van der Waals surface area contributed by atoms with Gasteiger partial charge in [0.15, 0.2) is 11.6 Å². The van der Waals surface area contributed by atoms with Gasteiger partial charge >= 0.3 is 6.18 Å². The molecule has 0 amide bonds. The summed E-state index contributed by atoms with van der Waals surface area (Å²) >= 11 is 0. The molecule has 0 bridgehead atoms. The molecule has 2 N–H and O–H groups in total. The van der Waals surface area contributed by atoms with E-state index in [9.17, 15) is 22.0 Å². The lowest BCUT2D eigenvalue weighted by atomic mass is 10.0. The lowest BCUT2D eigenvalue weighted by Gasteiger charge is -2.15. The van der Waals surface area contributed by atoms with Crippen molar-refractivity contribution in [2.45, 2.75) is 18.6 Å². The summed E-state index contributed by atoms with van der Waals surface area (Å²) in [5.41, 5.74) is 4.66. The van der Waals surface area contributed by atoms with Gasteiger partial charge in [-0.25, -0.2) is 8.78 Å². The largest absolute Gasteiger partial charge is 0.390 e. The third kappa shape index (κ3) is 3.94. The molecule has 0 aliphatic rings. The average molecular weight is 262 g/mol. The molecule has 1 nitrogen and oxygen atoms in total. The summed E-state index contributed by atoms with van der Waals surface area (Å²) in [5.74, 6) is -2.53. The number of hydrogen-bond donors (Lipinski definition) is 1. The number of nitrogens with two attached hydrogens (primary N) is 1. The molecule has 0 fully saturated rings. The minimum absolute atomic E-state index is 0. The Hall–Kier alpha value is -0.880. The first-order valence-corrected chi connectivity index (χ1v) is 4.07. The molecule has 16 heavy (non-hydrogen) atoms. The summed E-state index contributed by atoms with van der Waals surface area (Å²) in [5, 5.41) is 0. The van der Waals surface area contributed by atoms with Crippen LogP contribution in [0, 0.1) is 11.6 Å². The molecule has 0 radical (unpaired) electrons. The molecular formula is C9H9ClF5N. The van der Waals surface area contributed by atoms with E-state index in [1.54, 1.807) is 0 Å². The van der Waals surface area contributed by atoms with Crippen LogP contribution in [0.3, 0.4) is 0 Å². The molecule has 92 valence electrons. The van der Waals surface area contributed by atoms with Crippen LogP contribution in [0.25, 0.3) is 0 Å². The van der Waals surface area contributed by atoms with E-state index in [2.05, 4.69) is 0 Å². The SMILES string of the molecule is Cl.N[C@H](CC(F)(F)F)c1cccc(F)c1F. The summed E-state index contributed by atoms with van der Waals surface area (Å²) in [6.07, 6.45) is -5.88. The molecule has 1 aromatic carbocycles. The lowest BCUT2D eigenvalue weighted by molar-refractivity contribution is -0.138. The van der Waals surface area contributed by atoms with Gasteiger partial charge in [-0.3, -0.25) is 0 Å². The molecule has 1 rings (SSSR count). The number of alkyl halides is 3. The molecule has 0 aliphatic heterocycles. The lowest BCUT2D eigenvalue weighted by Crippen LogP contribution is -2.21. The number of benzene rings is 1. The molecule has 0 heterocycles. The molecule has 1 atom stereocenters. The van der Waals surface area contributed by atoms with Gasteiger partial charge < -0.3 is 5.73 Å². The van der Waals surface area contributed by atoms with Crippen molar-refractivity contribution in [3.05, 3.63) is 35.4 Å². The Labute approximate surface area is 94.8 Å². The molecule has 0 spiro atoms. The van der Waals surface area contributed by atoms with E-state index in [0.29, 0.717) is 0 Å². The number of rotatable bonds is 2. The first-order chi connectivity index (χ1) is 6.81. The Morgan fingerprint density at radius 1 is 1.19 bits per heavy atom. The Kier molecular flexibility index (Phi) is 5.15. The van der Waals surface area contributed by atoms with Gasteiger partial charge in [0.05, 0.1) is 6.42 Å². The normalized spacial score (nSPS) is 13.1. The summed E-state index contributed by atoms with van der Waals surface area (Å²) in [6, 6.07) is 1.39. The van der Waals surface area contributed by atoms with Crippen molar-refractivity contribution in [2.24, 2.45) is 5.73 Å². The fourth-order valence-electron chi connectivity index (χ4n) is 1.17. The van der Waals surface area contributed by atoms with Crippen LogP contribution in [0.4, 0.5) is 22.0 Å². The zero-order chi connectivity index (χ0) is 11.6. The molecular weight excluding hydrogens is 253 g/mol. The van der Waals surface area contributed by atoms with Crippen molar-refractivity contribution in [2.75, 3.05) is 0 Å². The standard InChI is InChI=1S/C9H8F5N.ClH/c10-6-3-1-2-5(8(6)11)7(15)4-9(12,13)14;/h1-3,7H,4,15H2;1H/t7-;/m1./s1. The van der Waals surface area contributed by atoms with Crippen molar-refractivity contribution in [3.8, 4) is 0 Å². The van der Waals surface area contributed by atoms with Gasteiger partial charge in [-0.05, 0) is 6.07 Å². The van der Waals surface area contributed by atoms with E-state index in [-0.39, 0.29) is 12.4 Å². The highest BCUT2D eigenvalue weighted by Gasteiger charge is 2.32. The minimum Gasteiger partial charge on any atom is -0.324 e. The van der Waals surface area contributed by atoms with E-state index in [1.165, 1.54) is 0 Å². The van der Waals surface area contributed by atoms with Crippen molar-refractivity contribution in [1.29, 1.82) is 0 Å². The second-order valence-corrected chi connectivity index (χ2v) is 3.07. The summed E-state index contributed by atoms with van der Waals surface area (Å²) in [6.45, 7) is 0. The zero-order valence-corrected chi connectivity index (χ0v) is 8.71. The van der Waals surface area contributed by atoms with E-state index in [4.69, 9.17) is 5.73 Å². The topological polar surface area (TPSA) is 26.0 Å². The van der Waals surface area contributed by atoms with Crippen molar-refractivity contribution in [1.82, 2.24) is 0 Å². The van der Waals surface area contributed by atoms with Crippen LogP contribution in [0.5, 0.6) is 0 Å². The molecule has 7 heteroatoms. The van der Waals surface area contributed by atoms with Crippen LogP contribution in [0.1, 0.15) is 18.0 Å². The molecule has 0 aliphatic carbocycles. The second kappa shape index (κ2) is 5.45. The summed E-state index contributed by atoms with van der Waals surface area (Å²) < 4.78 is 61.4. The van der Waals surface area contributed by atoms with Gasteiger partial charge in [-0.1, -0.05) is 12.1 Å². The maximum absolute atomic E-state index is 13.0. The molecule has 0 aromatic heterocycles. The zero-order valence-electron chi connectivity index (χ0n) is 7.89. The predicted molar refractivity (Wildman–Crippen MR) is 51.2 cm³/mol. The fraction of sp³-hybridized carbons (Fsp3) is 0.333. The highest BCUT2D eigenvalue weighted by Crippen LogP contribution is 2.29. The quantitative estimate of drug-likeness (QED) is 0.812. The van der Waals surface area contributed by atoms with Crippen LogP contribution >= 0.6 is 12.4 Å². The van der Waals surface area contributed by atoms with Crippen LogP contribution in [0.2, 0.25) is 0 Å². The number of halogens is 6. The van der Waals surface area contributed by atoms with E-state index < -0.39 is 35.8 Å². The second-order valence-electron chi connectivity index (χ2n) is 3.07. The maximum atomic E-state index is 13.0. The maximum Gasteiger partial charge on any atom is 0.390 e. The Morgan fingerprint density at radius 2 is 1.75 bits per heavy atom. The fourth-order valence-corrected chi connectivity index (χ4v) is 1.17. The highest BCUT2D eigenvalue weighted by atomic mass is 35.5. The van der Waals surface area contributed by atoms with Gasteiger partial charge in [-0.2, -0.15) is 13.2 Å². The molecule has 0 unspecified atom stereocenters. The van der Waals surface area contributed by atoms with Gasteiger partial charge in [0.25, 0.3) is 0 Å². The van der Waals surface area contributed by atoms with Crippen LogP contribution in [0.15, 0.2) is 18.2 Å². The van der Waals surface area contributed by atoms with E-state index >= 15 is 0 Å². The van der Waals surface area contributed by atoms with Crippen LogP contribution < -0.4 is 5.73 Å². The van der Waals surface area contributed by atoms with Gasteiger partial charge in [0.1, 0.15) is 0 Å². The van der Waals surface area contributed by atoms with Gasteiger partial charge in [0, 0.05) is 11.6 Å². The van der Waals surface area contributed by atoms with Crippen molar-refractivity contribution >= 4 is 12.4 Å². The Balaban J connectivity index is 0.00000225. The Morgan fingerprint density at radius 3 is 2.25 bits per heavy atom. The third-order valence-electron chi connectivity index (χ3n) is 1.83. The third-order valence-corrected chi connectivity index (χ3v) is 1.83. The summed E-state index contributed by atoms with van der Waals surface area (Å²) in [7, 11) is 0. The predicted octanol–water partition coefficient (Wildman–Crippen LogP) is 3.34. The van der Waals surface area contributed by atoms with Crippen LogP contribution in [-0.4, -0.2) is 6.18 Å². The van der Waals surface area contributed by atoms with Crippen molar-refractivity contribution < 1.29 is 22.0 Å². The smallest absolute Gasteiger partial charge is 0.324 e. The van der Waals surface area contributed by atoms with Gasteiger partial charge in [0.2, 0.25) is 0 Å². The first-order valence-electron chi connectivity index (χ1n) is 4.07. The van der Waals surface area contributed by atoms with Gasteiger partial charge in [-0.15, -0.1) is 12.4 Å². The Bertz CT molecular complexity index is 352. The average Bonchev–Trinajstić information content (AvgIpc) is 2.06. The molecule has 1 aromatic rings. The molecule has 0 saturated carbocycles. The monoisotopic (exact) mass is 261 g/mol. The molecule has 0 saturated heterocycles. The summed E-state index contributed by atoms with van der Waals surface area (Å²) in [4.78, 5) is 0. The van der Waals surface area contributed by atoms with Crippen molar-refractivity contribution in [3.63, 3.8) is 0 Å².